The number of hydrogen-bond donors (Lipinski definition) is 3. The molecule has 0 unspecified atom stereocenters. The highest BCUT2D eigenvalue weighted by Gasteiger charge is 2.03. The second-order valence-electron chi connectivity index (χ2n) is 4.05. The van der Waals surface area contributed by atoms with E-state index in [1.54, 1.807) is 12.1 Å². The third kappa shape index (κ3) is 7.68. The molecule has 0 bridgehead atoms. The van der Waals surface area contributed by atoms with E-state index in [2.05, 4.69) is 26.9 Å². The molecule has 0 heterocycles. The molecule has 0 aliphatic heterocycles. The molecule has 0 radical (unpaired) electrons. The molecule has 1 rings (SSSR count). The minimum atomic E-state index is -0.423. The summed E-state index contributed by atoms with van der Waals surface area (Å²) in [6, 6.07) is 6.27. The molecule has 0 saturated carbocycles. The minimum absolute atomic E-state index is 0. The fraction of sp³-hybridized carbons (Fsp3) is 0.357. The van der Waals surface area contributed by atoms with Crippen molar-refractivity contribution in [1.82, 2.24) is 10.6 Å². The lowest BCUT2D eigenvalue weighted by molar-refractivity contribution is -0.384. The van der Waals surface area contributed by atoms with Gasteiger partial charge in [0.15, 0.2) is 5.96 Å². The van der Waals surface area contributed by atoms with Gasteiger partial charge in [-0.15, -0.1) is 30.4 Å². The number of hydrogen-bond acceptors (Lipinski definition) is 4. The predicted molar refractivity (Wildman–Crippen MR) is 99.8 cm³/mol. The minimum Gasteiger partial charge on any atom is -0.383 e. The molecule has 1 aromatic rings. The van der Waals surface area contributed by atoms with Crippen LogP contribution in [0.25, 0.3) is 0 Å². The van der Waals surface area contributed by atoms with E-state index in [-0.39, 0.29) is 29.7 Å². The van der Waals surface area contributed by atoms with Gasteiger partial charge in [-0.25, -0.2) is 0 Å². The molecule has 0 atom stereocenters. The lowest BCUT2D eigenvalue weighted by Crippen LogP contribution is -2.37. The van der Waals surface area contributed by atoms with Crippen molar-refractivity contribution in [3.8, 4) is 12.3 Å². The molecule has 0 aromatic heterocycles. The molecule has 0 aliphatic rings. The molecule has 8 heteroatoms. The van der Waals surface area contributed by atoms with E-state index >= 15 is 0 Å². The highest BCUT2D eigenvalue weighted by Crippen LogP contribution is 2.14. The summed E-state index contributed by atoms with van der Waals surface area (Å²) in [5, 5.41) is 19.7. The Kier molecular flexibility index (Phi) is 10.6. The number of aliphatic imine (C=N–C) groups is 1. The summed E-state index contributed by atoms with van der Waals surface area (Å²) in [5.74, 6) is 3.15. The van der Waals surface area contributed by atoms with Crippen LogP contribution in [-0.4, -0.2) is 37.1 Å². The van der Waals surface area contributed by atoms with Gasteiger partial charge in [0.05, 0.1) is 18.0 Å². The van der Waals surface area contributed by atoms with Gasteiger partial charge in [0.2, 0.25) is 0 Å². The van der Waals surface area contributed by atoms with Crippen molar-refractivity contribution >= 4 is 41.3 Å². The molecule has 0 fully saturated rings. The zero-order valence-corrected chi connectivity index (χ0v) is 14.7. The van der Waals surface area contributed by atoms with E-state index in [0.29, 0.717) is 25.6 Å². The largest absolute Gasteiger partial charge is 0.383 e. The Bertz CT molecular complexity index is 525. The van der Waals surface area contributed by atoms with Crippen molar-refractivity contribution in [2.24, 2.45) is 4.99 Å². The zero-order chi connectivity index (χ0) is 15.5. The van der Waals surface area contributed by atoms with E-state index in [4.69, 9.17) is 6.42 Å². The van der Waals surface area contributed by atoms with Crippen molar-refractivity contribution in [3.05, 3.63) is 34.4 Å². The van der Waals surface area contributed by atoms with E-state index in [0.717, 1.165) is 12.2 Å². The maximum absolute atomic E-state index is 10.5. The molecular weight excluding hydrogens is 397 g/mol. The van der Waals surface area contributed by atoms with Crippen molar-refractivity contribution in [1.29, 1.82) is 0 Å². The molecule has 0 saturated heterocycles. The molecule has 1 aromatic carbocycles. The Morgan fingerprint density at radius 3 is 2.59 bits per heavy atom. The van der Waals surface area contributed by atoms with Crippen LogP contribution in [0.2, 0.25) is 0 Å². The lowest BCUT2D eigenvalue weighted by atomic mass is 10.3. The number of benzene rings is 1. The van der Waals surface area contributed by atoms with Crippen molar-refractivity contribution < 1.29 is 4.92 Å². The first-order valence-corrected chi connectivity index (χ1v) is 6.61. The fourth-order valence-corrected chi connectivity index (χ4v) is 1.55. The van der Waals surface area contributed by atoms with Gasteiger partial charge < -0.3 is 16.0 Å². The number of nitrogens with zero attached hydrogens (tertiary/aromatic N) is 2. The number of rotatable bonds is 7. The molecule has 22 heavy (non-hydrogen) atoms. The smallest absolute Gasteiger partial charge is 0.269 e. The Morgan fingerprint density at radius 1 is 1.36 bits per heavy atom. The van der Waals surface area contributed by atoms with Crippen LogP contribution in [-0.2, 0) is 0 Å². The first-order chi connectivity index (χ1) is 10.2. The monoisotopic (exact) mass is 417 g/mol. The highest BCUT2D eigenvalue weighted by molar-refractivity contribution is 14.0. The SMILES string of the molecule is C#CCNC(=NCCNc1ccc([N+](=O)[O-])cc1)NCC.I. The number of anilines is 1. The summed E-state index contributed by atoms with van der Waals surface area (Å²) >= 11 is 0. The number of terminal acetylenes is 1. The summed E-state index contributed by atoms with van der Waals surface area (Å²) in [4.78, 5) is 14.5. The number of guanidine groups is 1. The van der Waals surface area contributed by atoms with E-state index in [9.17, 15) is 10.1 Å². The quantitative estimate of drug-likeness (QED) is 0.120. The van der Waals surface area contributed by atoms with Crippen LogP contribution in [0, 0.1) is 22.5 Å². The van der Waals surface area contributed by atoms with Gasteiger partial charge in [0, 0.05) is 30.9 Å². The second-order valence-corrected chi connectivity index (χ2v) is 4.05. The van der Waals surface area contributed by atoms with Gasteiger partial charge >= 0.3 is 0 Å². The topological polar surface area (TPSA) is 91.6 Å². The number of nitrogens with one attached hydrogen (secondary N) is 3. The summed E-state index contributed by atoms with van der Waals surface area (Å²) < 4.78 is 0. The molecule has 0 spiro atoms. The van der Waals surface area contributed by atoms with E-state index < -0.39 is 4.92 Å². The number of nitro groups is 1. The van der Waals surface area contributed by atoms with Crippen molar-refractivity contribution in [2.75, 3.05) is 31.5 Å². The first-order valence-electron chi connectivity index (χ1n) is 6.61. The van der Waals surface area contributed by atoms with Crippen molar-refractivity contribution in [3.63, 3.8) is 0 Å². The first kappa shape index (κ1) is 20.0. The Morgan fingerprint density at radius 2 is 2.05 bits per heavy atom. The zero-order valence-electron chi connectivity index (χ0n) is 12.3. The van der Waals surface area contributed by atoms with Crippen LogP contribution < -0.4 is 16.0 Å². The summed E-state index contributed by atoms with van der Waals surface area (Å²) in [6.07, 6.45) is 5.18. The van der Waals surface area contributed by atoms with E-state index in [1.807, 2.05) is 6.92 Å². The van der Waals surface area contributed by atoms with Crippen LogP contribution in [0.3, 0.4) is 0 Å². The molecule has 7 nitrogen and oxygen atoms in total. The van der Waals surface area contributed by atoms with Gasteiger partial charge in [-0.2, -0.15) is 0 Å². The molecule has 120 valence electrons. The third-order valence-electron chi connectivity index (χ3n) is 2.49. The van der Waals surface area contributed by atoms with Crippen LogP contribution in [0.15, 0.2) is 29.3 Å². The normalized spacial score (nSPS) is 10.1. The maximum Gasteiger partial charge on any atom is 0.269 e. The molecule has 3 N–H and O–H groups in total. The van der Waals surface area contributed by atoms with Crippen molar-refractivity contribution in [2.45, 2.75) is 6.92 Å². The van der Waals surface area contributed by atoms with Gasteiger partial charge in [-0.05, 0) is 19.1 Å². The second kappa shape index (κ2) is 11.6. The Labute approximate surface area is 147 Å². The Balaban J connectivity index is 0.00000441. The average molecular weight is 417 g/mol. The van der Waals surface area contributed by atoms with Crippen LogP contribution in [0.5, 0.6) is 0 Å². The van der Waals surface area contributed by atoms with Gasteiger partial charge in [-0.1, -0.05) is 5.92 Å². The van der Waals surface area contributed by atoms with Gasteiger partial charge in [-0.3, -0.25) is 15.1 Å². The molecular formula is C14H20IN5O2. The number of nitro benzene ring substituents is 1. The maximum atomic E-state index is 10.5. The highest BCUT2D eigenvalue weighted by atomic mass is 127. The van der Waals surface area contributed by atoms with Gasteiger partial charge in [0.1, 0.15) is 0 Å². The van der Waals surface area contributed by atoms with Crippen LogP contribution in [0.1, 0.15) is 6.92 Å². The summed E-state index contributed by atoms with van der Waals surface area (Å²) in [5.41, 5.74) is 0.892. The number of halogens is 1. The fourth-order valence-electron chi connectivity index (χ4n) is 1.55. The average Bonchev–Trinajstić information content (AvgIpc) is 2.49. The Hall–Kier alpha value is -2.02. The standard InChI is InChI=1S/C14H19N5O2.HI/c1-3-9-17-14(15-4-2)18-11-10-16-12-5-7-13(8-6-12)19(20)21;/h1,5-8,16H,4,9-11H2,2H3,(H2,15,17,18);1H. The molecule has 0 amide bonds. The summed E-state index contributed by atoms with van der Waals surface area (Å²) in [7, 11) is 0. The molecule has 0 aliphatic carbocycles. The summed E-state index contributed by atoms with van der Waals surface area (Å²) in [6.45, 7) is 4.32. The number of non-ortho nitro benzene ring substituents is 1. The van der Waals surface area contributed by atoms with E-state index in [1.165, 1.54) is 12.1 Å². The third-order valence-corrected chi connectivity index (χ3v) is 2.49. The van der Waals surface area contributed by atoms with Crippen LogP contribution >= 0.6 is 24.0 Å². The van der Waals surface area contributed by atoms with Crippen LogP contribution in [0.4, 0.5) is 11.4 Å². The lowest BCUT2D eigenvalue weighted by Gasteiger charge is -2.09. The van der Waals surface area contributed by atoms with Gasteiger partial charge in [0.25, 0.3) is 5.69 Å². The predicted octanol–water partition coefficient (Wildman–Crippen LogP) is 1.81.